The standard InChI is InChI=1S/C29H61NO6S/c1-2-3-4-5-6-7-8-9-10-11-12-13-14-15-16-17-18-19-20-21-22-30(23-25-31,24-26-32)27-29(33)28-37(34,35)36/h29,31-33H,2-28H2,1H3. The van der Waals surface area contributed by atoms with Crippen molar-refractivity contribution in [3.63, 3.8) is 0 Å². The predicted octanol–water partition coefficient (Wildman–Crippen LogP) is 5.52. The van der Waals surface area contributed by atoms with E-state index >= 15 is 0 Å². The molecular formula is C29H61NO6S. The van der Waals surface area contributed by atoms with Crippen LogP contribution in [0.3, 0.4) is 0 Å². The minimum atomic E-state index is -4.52. The number of aliphatic hydroxyl groups excluding tert-OH is 3. The summed E-state index contributed by atoms with van der Waals surface area (Å²) in [4.78, 5) is 0. The van der Waals surface area contributed by atoms with Gasteiger partial charge in [0.05, 0.1) is 35.6 Å². The molecule has 0 heterocycles. The number of quaternary nitrogens is 1. The third-order valence-electron chi connectivity index (χ3n) is 7.63. The van der Waals surface area contributed by atoms with Crippen LogP contribution in [-0.4, -0.2) is 84.0 Å². The van der Waals surface area contributed by atoms with E-state index in [1.807, 2.05) is 0 Å². The van der Waals surface area contributed by atoms with Crippen LogP contribution in [0.4, 0.5) is 0 Å². The molecule has 0 aliphatic carbocycles. The SMILES string of the molecule is CCCCCCCCCCCCCCCCCCCCCC[N+](CCO)(CCO)CC(O)CS(=O)(=O)[O-]. The Hall–Kier alpha value is -0.250. The molecule has 0 rings (SSSR count). The van der Waals surface area contributed by atoms with Gasteiger partial charge >= 0.3 is 0 Å². The van der Waals surface area contributed by atoms with Gasteiger partial charge in [-0.3, -0.25) is 0 Å². The lowest BCUT2D eigenvalue weighted by atomic mass is 10.0. The summed E-state index contributed by atoms with van der Waals surface area (Å²) in [5, 5.41) is 29.0. The van der Waals surface area contributed by atoms with Gasteiger partial charge in [-0.05, 0) is 12.8 Å². The van der Waals surface area contributed by atoms with Gasteiger partial charge in [0.2, 0.25) is 0 Å². The smallest absolute Gasteiger partial charge is 0.116 e. The average molecular weight is 552 g/mol. The van der Waals surface area contributed by atoms with Gasteiger partial charge in [-0.15, -0.1) is 0 Å². The number of aliphatic hydroxyl groups is 3. The zero-order chi connectivity index (χ0) is 27.7. The first-order chi connectivity index (χ1) is 17.8. The zero-order valence-corrected chi connectivity index (χ0v) is 24.9. The molecule has 8 heteroatoms. The Morgan fingerprint density at radius 1 is 0.595 bits per heavy atom. The molecule has 0 amide bonds. The molecule has 0 bridgehead atoms. The van der Waals surface area contributed by atoms with E-state index in [2.05, 4.69) is 6.92 Å². The van der Waals surface area contributed by atoms with Crippen LogP contribution >= 0.6 is 0 Å². The van der Waals surface area contributed by atoms with Crippen LogP contribution in [-0.2, 0) is 10.1 Å². The second-order valence-corrected chi connectivity index (χ2v) is 12.7. The maximum Gasteiger partial charge on any atom is 0.116 e. The fourth-order valence-electron chi connectivity index (χ4n) is 5.47. The topological polar surface area (TPSA) is 118 Å². The number of unbranched alkanes of at least 4 members (excludes halogenated alkanes) is 19. The summed E-state index contributed by atoms with van der Waals surface area (Å²) in [6, 6.07) is 0. The summed E-state index contributed by atoms with van der Waals surface area (Å²) >= 11 is 0. The van der Waals surface area contributed by atoms with Gasteiger partial charge in [-0.2, -0.15) is 0 Å². The molecule has 37 heavy (non-hydrogen) atoms. The minimum absolute atomic E-state index is 0.0573. The van der Waals surface area contributed by atoms with E-state index in [1.54, 1.807) is 0 Å². The highest BCUT2D eigenvalue weighted by Crippen LogP contribution is 2.16. The van der Waals surface area contributed by atoms with Crippen molar-refractivity contribution >= 4 is 10.1 Å². The molecule has 0 aromatic rings. The summed E-state index contributed by atoms with van der Waals surface area (Å²) in [6.07, 6.45) is 25.0. The van der Waals surface area contributed by atoms with Gasteiger partial charge in [-0.25, -0.2) is 8.42 Å². The Labute approximate surface area is 229 Å². The first-order valence-corrected chi connectivity index (χ1v) is 17.0. The number of hydrogen-bond donors (Lipinski definition) is 3. The van der Waals surface area contributed by atoms with Gasteiger partial charge in [0.1, 0.15) is 25.7 Å². The quantitative estimate of drug-likeness (QED) is 0.0640. The Morgan fingerprint density at radius 2 is 0.919 bits per heavy atom. The van der Waals surface area contributed by atoms with Crippen molar-refractivity contribution in [2.24, 2.45) is 0 Å². The summed E-state index contributed by atoms with van der Waals surface area (Å²) in [7, 11) is -4.52. The maximum atomic E-state index is 11.0. The molecule has 0 saturated heterocycles. The van der Waals surface area contributed by atoms with Crippen LogP contribution in [0.2, 0.25) is 0 Å². The summed E-state index contributed by atoms with van der Waals surface area (Å²) in [5.41, 5.74) is 0. The molecule has 1 atom stereocenters. The predicted molar refractivity (Wildman–Crippen MR) is 152 cm³/mol. The first-order valence-electron chi connectivity index (χ1n) is 15.5. The second kappa shape index (κ2) is 24.8. The molecule has 0 aromatic heterocycles. The van der Waals surface area contributed by atoms with Crippen LogP contribution in [0.1, 0.15) is 135 Å². The van der Waals surface area contributed by atoms with E-state index in [0.717, 1.165) is 19.3 Å². The summed E-state index contributed by atoms with van der Waals surface area (Å²) in [6.45, 7) is 3.41. The lowest BCUT2D eigenvalue weighted by Gasteiger charge is -2.39. The highest BCUT2D eigenvalue weighted by Gasteiger charge is 2.30. The van der Waals surface area contributed by atoms with Gasteiger partial charge in [-0.1, -0.05) is 122 Å². The third-order valence-corrected chi connectivity index (χ3v) is 8.42. The van der Waals surface area contributed by atoms with Crippen molar-refractivity contribution in [3.8, 4) is 0 Å². The molecule has 0 fully saturated rings. The van der Waals surface area contributed by atoms with E-state index < -0.39 is 22.0 Å². The van der Waals surface area contributed by atoms with Gasteiger partial charge in [0.15, 0.2) is 0 Å². The molecule has 0 spiro atoms. The Kier molecular flexibility index (Phi) is 24.6. The van der Waals surface area contributed by atoms with Crippen molar-refractivity contribution < 1.29 is 32.8 Å². The van der Waals surface area contributed by atoms with Gasteiger partial charge in [0.25, 0.3) is 0 Å². The molecule has 1 unspecified atom stereocenters. The molecule has 224 valence electrons. The van der Waals surface area contributed by atoms with Crippen molar-refractivity contribution in [3.05, 3.63) is 0 Å². The average Bonchev–Trinajstić information content (AvgIpc) is 2.82. The summed E-state index contributed by atoms with van der Waals surface area (Å²) < 4.78 is 33.2. The minimum Gasteiger partial charge on any atom is -0.748 e. The van der Waals surface area contributed by atoms with Crippen LogP contribution in [0.15, 0.2) is 0 Å². The molecule has 0 aliphatic rings. The zero-order valence-electron chi connectivity index (χ0n) is 24.1. The largest absolute Gasteiger partial charge is 0.748 e. The highest BCUT2D eigenvalue weighted by atomic mass is 32.2. The summed E-state index contributed by atoms with van der Waals surface area (Å²) in [5.74, 6) is -0.830. The highest BCUT2D eigenvalue weighted by molar-refractivity contribution is 7.85. The van der Waals surface area contributed by atoms with Crippen molar-refractivity contribution in [2.45, 2.75) is 141 Å². The first kappa shape index (κ1) is 36.8. The Bertz CT molecular complexity index is 581. The molecule has 0 saturated carbocycles. The van der Waals surface area contributed by atoms with Crippen molar-refractivity contribution in [2.75, 3.05) is 45.1 Å². The van der Waals surface area contributed by atoms with E-state index in [4.69, 9.17) is 0 Å². The van der Waals surface area contributed by atoms with Crippen molar-refractivity contribution in [1.29, 1.82) is 0 Å². The second-order valence-electron chi connectivity index (χ2n) is 11.2. The fourth-order valence-corrected chi connectivity index (χ4v) is 6.05. The number of rotatable bonds is 29. The van der Waals surface area contributed by atoms with Gasteiger partial charge < -0.3 is 24.4 Å². The fraction of sp³-hybridized carbons (Fsp3) is 1.00. The van der Waals surface area contributed by atoms with E-state index in [9.17, 15) is 28.3 Å². The Morgan fingerprint density at radius 3 is 1.22 bits per heavy atom. The van der Waals surface area contributed by atoms with Crippen LogP contribution in [0, 0.1) is 0 Å². The van der Waals surface area contributed by atoms with Crippen LogP contribution in [0.25, 0.3) is 0 Å². The normalized spacial score (nSPS) is 13.3. The number of hydrogen-bond acceptors (Lipinski definition) is 6. The van der Waals surface area contributed by atoms with E-state index in [0.29, 0.717) is 19.6 Å². The molecule has 7 nitrogen and oxygen atoms in total. The van der Waals surface area contributed by atoms with Gasteiger partial charge in [0, 0.05) is 0 Å². The molecule has 3 N–H and O–H groups in total. The monoisotopic (exact) mass is 551 g/mol. The van der Waals surface area contributed by atoms with Crippen molar-refractivity contribution in [1.82, 2.24) is 0 Å². The van der Waals surface area contributed by atoms with E-state index in [-0.39, 0.29) is 24.2 Å². The molecule has 0 aromatic carbocycles. The molecule has 0 aliphatic heterocycles. The lowest BCUT2D eigenvalue weighted by Crippen LogP contribution is -2.56. The number of nitrogens with zero attached hydrogens (tertiary/aromatic N) is 1. The molecular weight excluding hydrogens is 490 g/mol. The Balaban J connectivity index is 3.74. The molecule has 0 radical (unpaired) electrons. The lowest BCUT2D eigenvalue weighted by molar-refractivity contribution is -0.931. The van der Waals surface area contributed by atoms with Crippen LogP contribution in [0.5, 0.6) is 0 Å². The van der Waals surface area contributed by atoms with Crippen LogP contribution < -0.4 is 0 Å². The maximum absolute atomic E-state index is 11.0. The van der Waals surface area contributed by atoms with E-state index in [1.165, 1.54) is 109 Å². The third kappa shape index (κ3) is 24.5.